The third kappa shape index (κ3) is 3.02. The van der Waals surface area contributed by atoms with Crippen molar-refractivity contribution in [2.75, 3.05) is 0 Å². The van der Waals surface area contributed by atoms with Crippen LogP contribution in [0, 0.1) is 0 Å². The van der Waals surface area contributed by atoms with Gasteiger partial charge < -0.3 is 5.11 Å². The average molecular weight is 430 g/mol. The van der Waals surface area contributed by atoms with Crippen molar-refractivity contribution in [2.24, 2.45) is 4.99 Å². The lowest BCUT2D eigenvalue weighted by atomic mass is 9.97. The summed E-state index contributed by atoms with van der Waals surface area (Å²) in [5.41, 5.74) is 1.08. The molecule has 2 unspecified atom stereocenters. The maximum absolute atomic E-state index is 12.9. The summed E-state index contributed by atoms with van der Waals surface area (Å²) in [4.78, 5) is 4.36. The number of aliphatic hydroxyl groups is 1. The smallest absolute Gasteiger partial charge is 0.365 e. The summed E-state index contributed by atoms with van der Waals surface area (Å²) in [5, 5.41) is 11.6. The quantitative estimate of drug-likeness (QED) is 0.676. The molecule has 4 rings (SSSR count). The number of hydrogen-bond acceptors (Lipinski definition) is 3. The molecule has 1 aliphatic heterocycles. The summed E-state index contributed by atoms with van der Waals surface area (Å²) in [5.74, 6) is 0. The largest absolute Gasteiger partial charge is 0.416 e. The Morgan fingerprint density at radius 1 is 1.16 bits per heavy atom. The summed E-state index contributed by atoms with van der Waals surface area (Å²) in [6.45, 7) is 1.87. The van der Waals surface area contributed by atoms with Gasteiger partial charge in [-0.3, -0.25) is 0 Å². The number of thioether (sulfide) groups is 1. The van der Waals surface area contributed by atoms with Gasteiger partial charge in [-0.1, -0.05) is 30.3 Å². The van der Waals surface area contributed by atoms with Crippen LogP contribution in [0.3, 0.4) is 0 Å². The second kappa shape index (κ2) is 6.14. The van der Waals surface area contributed by atoms with E-state index in [-0.39, 0.29) is 22.2 Å². The molecule has 25 heavy (non-hydrogen) atoms. The molecule has 2 aliphatic rings. The van der Waals surface area contributed by atoms with Gasteiger partial charge in [0.2, 0.25) is 0 Å². The molecular weight excluding hydrogens is 415 g/mol. The number of nitrogens with zero attached hydrogens (tertiary/aromatic N) is 1. The van der Waals surface area contributed by atoms with Gasteiger partial charge in [-0.15, -0.1) is 28.7 Å². The van der Waals surface area contributed by atoms with Crippen LogP contribution in [-0.4, -0.2) is 15.4 Å². The second-order valence-electron chi connectivity index (χ2n) is 6.12. The molecule has 1 heterocycles. The zero-order valence-electron chi connectivity index (χ0n) is 13.2. The molecular formula is C18H15BrF3NOS. The Hall–Kier alpha value is -1.31. The van der Waals surface area contributed by atoms with E-state index in [1.54, 1.807) is 30.0 Å². The van der Waals surface area contributed by atoms with Gasteiger partial charge in [0.1, 0.15) is 0 Å². The van der Waals surface area contributed by atoms with E-state index in [4.69, 9.17) is 0 Å². The fourth-order valence-corrected chi connectivity index (χ4v) is 4.63. The highest BCUT2D eigenvalue weighted by molar-refractivity contribution is 8.93. The van der Waals surface area contributed by atoms with Crippen LogP contribution >= 0.6 is 28.7 Å². The maximum Gasteiger partial charge on any atom is 0.416 e. The highest BCUT2D eigenvalue weighted by atomic mass is 79.9. The van der Waals surface area contributed by atoms with Crippen LogP contribution in [0.1, 0.15) is 23.6 Å². The third-order valence-corrected chi connectivity index (χ3v) is 5.73. The van der Waals surface area contributed by atoms with Crippen molar-refractivity contribution < 1.29 is 18.3 Å². The fourth-order valence-electron chi connectivity index (χ4n) is 3.42. The van der Waals surface area contributed by atoms with Crippen LogP contribution in [-0.2, 0) is 18.3 Å². The Morgan fingerprint density at radius 2 is 1.88 bits per heavy atom. The first kappa shape index (κ1) is 18.5. The number of aliphatic imine (C=N–C) groups is 1. The molecule has 0 spiro atoms. The van der Waals surface area contributed by atoms with E-state index in [9.17, 15) is 18.3 Å². The monoisotopic (exact) mass is 429 g/mol. The SMILES string of the molecule is Br.CC1=NC2(O)c3ccc(-c4cccc(C(F)(F)F)c4)cc3CC2S1. The van der Waals surface area contributed by atoms with Crippen molar-refractivity contribution in [1.29, 1.82) is 0 Å². The molecule has 0 fully saturated rings. The van der Waals surface area contributed by atoms with Gasteiger partial charge in [0.05, 0.1) is 15.9 Å². The lowest BCUT2D eigenvalue weighted by molar-refractivity contribution is -0.137. The number of hydrogen-bond donors (Lipinski definition) is 1. The molecule has 0 amide bonds. The standard InChI is InChI=1S/C18H14F3NOS.BrH/c1-10-22-17(23)15-6-5-12(7-13(15)9-16(17)24-10)11-3-2-4-14(8-11)18(19,20)21;/h2-8,16,23H,9H2,1H3;1H. The number of rotatable bonds is 1. The molecule has 2 atom stereocenters. The van der Waals surface area contributed by atoms with Gasteiger partial charge in [0.15, 0.2) is 5.72 Å². The van der Waals surface area contributed by atoms with Crippen LogP contribution in [0.5, 0.6) is 0 Å². The topological polar surface area (TPSA) is 32.6 Å². The van der Waals surface area contributed by atoms with Crippen molar-refractivity contribution in [3.05, 3.63) is 59.2 Å². The zero-order chi connectivity index (χ0) is 17.1. The Labute approximate surface area is 157 Å². The first-order valence-corrected chi connectivity index (χ1v) is 8.42. The van der Waals surface area contributed by atoms with E-state index < -0.39 is 17.5 Å². The van der Waals surface area contributed by atoms with E-state index in [0.29, 0.717) is 17.5 Å². The summed E-state index contributed by atoms with van der Waals surface area (Å²) < 4.78 is 38.7. The van der Waals surface area contributed by atoms with Crippen LogP contribution in [0.15, 0.2) is 47.5 Å². The summed E-state index contributed by atoms with van der Waals surface area (Å²) in [7, 11) is 0. The van der Waals surface area contributed by atoms with Crippen molar-refractivity contribution in [1.82, 2.24) is 0 Å². The number of fused-ring (bicyclic) bond motifs is 3. The van der Waals surface area contributed by atoms with Gasteiger partial charge in [-0.2, -0.15) is 13.2 Å². The van der Waals surface area contributed by atoms with Crippen LogP contribution < -0.4 is 0 Å². The van der Waals surface area contributed by atoms with E-state index in [1.807, 2.05) is 13.0 Å². The minimum Gasteiger partial charge on any atom is -0.365 e. The van der Waals surface area contributed by atoms with Crippen LogP contribution in [0.25, 0.3) is 11.1 Å². The maximum atomic E-state index is 12.9. The molecule has 2 aromatic carbocycles. The predicted octanol–water partition coefficient (Wildman–Crippen LogP) is 5.19. The van der Waals surface area contributed by atoms with Crippen molar-refractivity contribution in [3.63, 3.8) is 0 Å². The third-order valence-electron chi connectivity index (χ3n) is 4.52. The zero-order valence-corrected chi connectivity index (χ0v) is 15.7. The molecule has 1 aliphatic carbocycles. The minimum absolute atomic E-state index is 0. The Morgan fingerprint density at radius 3 is 2.60 bits per heavy atom. The molecule has 0 saturated heterocycles. The molecule has 7 heteroatoms. The van der Waals surface area contributed by atoms with Crippen LogP contribution in [0.2, 0.25) is 0 Å². The Balaban J connectivity index is 0.00000182. The van der Waals surface area contributed by atoms with Gasteiger partial charge in [-0.05, 0) is 42.2 Å². The summed E-state index contributed by atoms with van der Waals surface area (Å²) >= 11 is 1.55. The molecule has 0 radical (unpaired) electrons. The van der Waals surface area contributed by atoms with E-state index >= 15 is 0 Å². The van der Waals surface area contributed by atoms with Gasteiger partial charge in [0, 0.05) is 5.56 Å². The molecule has 0 saturated carbocycles. The molecule has 0 bridgehead atoms. The van der Waals surface area contributed by atoms with E-state index in [1.165, 1.54) is 6.07 Å². The van der Waals surface area contributed by atoms with Gasteiger partial charge in [-0.25, -0.2) is 4.99 Å². The first-order chi connectivity index (χ1) is 11.3. The lowest BCUT2D eigenvalue weighted by Crippen LogP contribution is -2.27. The highest BCUT2D eigenvalue weighted by Crippen LogP contribution is 2.50. The predicted molar refractivity (Wildman–Crippen MR) is 99.3 cm³/mol. The second-order valence-corrected chi connectivity index (χ2v) is 7.51. The molecule has 2 aromatic rings. The van der Waals surface area contributed by atoms with Crippen molar-refractivity contribution in [2.45, 2.75) is 30.5 Å². The number of benzene rings is 2. The first-order valence-electron chi connectivity index (χ1n) is 7.54. The van der Waals surface area contributed by atoms with Gasteiger partial charge in [0.25, 0.3) is 0 Å². The van der Waals surface area contributed by atoms with Crippen molar-refractivity contribution in [3.8, 4) is 11.1 Å². The lowest BCUT2D eigenvalue weighted by Gasteiger charge is -2.19. The molecule has 1 N–H and O–H groups in total. The van der Waals surface area contributed by atoms with Crippen LogP contribution in [0.4, 0.5) is 13.2 Å². The van der Waals surface area contributed by atoms with E-state index in [2.05, 4.69) is 4.99 Å². The molecule has 0 aromatic heterocycles. The Kier molecular flexibility index (Phi) is 4.54. The van der Waals surface area contributed by atoms with Gasteiger partial charge >= 0.3 is 6.18 Å². The normalized spacial score (nSPS) is 24.4. The fraction of sp³-hybridized carbons (Fsp3) is 0.278. The van der Waals surface area contributed by atoms with E-state index in [0.717, 1.165) is 28.3 Å². The molecule has 132 valence electrons. The average Bonchev–Trinajstić information content (AvgIpc) is 2.94. The number of halogens is 4. The summed E-state index contributed by atoms with van der Waals surface area (Å²) in [6, 6.07) is 10.7. The molecule has 2 nitrogen and oxygen atoms in total. The number of alkyl halides is 3. The van der Waals surface area contributed by atoms with Crippen molar-refractivity contribution >= 4 is 33.8 Å². The minimum atomic E-state index is -4.36. The summed E-state index contributed by atoms with van der Waals surface area (Å²) in [6.07, 6.45) is -3.70. The highest BCUT2D eigenvalue weighted by Gasteiger charge is 2.49. The Bertz CT molecular complexity index is 868.